The van der Waals surface area contributed by atoms with Gasteiger partial charge in [-0.15, -0.1) is 0 Å². The Morgan fingerprint density at radius 3 is 2.60 bits per heavy atom. The molecule has 5 atom stereocenters. The molecule has 7 rings (SSSR count). The Kier molecular flexibility index (Phi) is 8.93. The van der Waals surface area contributed by atoms with E-state index in [1.807, 2.05) is 6.08 Å². The minimum Gasteiger partial charge on any atom is -0.483 e. The van der Waals surface area contributed by atoms with E-state index in [0.717, 1.165) is 6.07 Å². The highest BCUT2D eigenvalue weighted by molar-refractivity contribution is 7.91. The lowest BCUT2D eigenvalue weighted by Gasteiger charge is -2.37. The zero-order valence-corrected chi connectivity index (χ0v) is 29.2. The van der Waals surface area contributed by atoms with Gasteiger partial charge in [0, 0.05) is 23.3 Å². The topological polar surface area (TPSA) is 184 Å². The smallest absolute Gasteiger partial charge is 0.418 e. The van der Waals surface area contributed by atoms with Gasteiger partial charge in [-0.1, -0.05) is 37.1 Å². The summed E-state index contributed by atoms with van der Waals surface area (Å²) < 4.78 is 76.0. The molecule has 2 saturated carbocycles. The lowest BCUT2D eigenvalue weighted by atomic mass is 9.86. The van der Waals surface area contributed by atoms with Crippen molar-refractivity contribution >= 4 is 44.7 Å². The summed E-state index contributed by atoms with van der Waals surface area (Å²) in [4.78, 5) is 59.6. The summed E-state index contributed by atoms with van der Waals surface area (Å²) in [5.41, 5.74) is -3.16. The summed E-state index contributed by atoms with van der Waals surface area (Å²) in [6.45, 7) is 1.38. The zero-order valence-electron chi connectivity index (χ0n) is 28.4. The first-order chi connectivity index (χ1) is 24.5. The first-order valence-electron chi connectivity index (χ1n) is 17.6. The van der Waals surface area contributed by atoms with Gasteiger partial charge in [-0.2, -0.15) is 13.2 Å². The number of hydrogen-bond acceptors (Lipinski definition) is 8. The molecule has 280 valence electrons. The van der Waals surface area contributed by atoms with Crippen LogP contribution in [0.25, 0.3) is 10.9 Å². The predicted octanol–water partition coefficient (Wildman–Crippen LogP) is 3.87. The Bertz CT molecular complexity index is 1990. The highest BCUT2D eigenvalue weighted by Crippen LogP contribution is 2.48. The largest absolute Gasteiger partial charge is 0.483 e. The van der Waals surface area contributed by atoms with Crippen molar-refractivity contribution in [3.8, 4) is 5.75 Å². The zero-order chi connectivity index (χ0) is 37.2. The maximum atomic E-state index is 14.3. The molecule has 5 aliphatic rings. The number of para-hydroxylation sites is 1. The third kappa shape index (κ3) is 6.67. The van der Waals surface area contributed by atoms with Crippen LogP contribution in [0.4, 0.5) is 18.0 Å². The number of alkyl halides is 3. The van der Waals surface area contributed by atoms with E-state index < -0.39 is 80.0 Å². The molecule has 4 amide bonds. The second-order valence-electron chi connectivity index (χ2n) is 14.7. The summed E-state index contributed by atoms with van der Waals surface area (Å²) >= 11 is 0. The van der Waals surface area contributed by atoms with Gasteiger partial charge in [0.25, 0.3) is 5.91 Å². The Labute approximate surface area is 297 Å². The Morgan fingerprint density at radius 2 is 1.88 bits per heavy atom. The SMILES string of the molecule is Cc1nc2c(C(F)(F)F)cccc2c2c1O[C@]1(CC2)C[C@H]2C(=O)N[C@]3(C(=O)NS(=O)(=O)C4CC4)C[C@H]3/C=C\CCCCC[C@H](NC(=O)O)C(=O)N2C1. The lowest BCUT2D eigenvalue weighted by Crippen LogP contribution is -2.58. The predicted molar refractivity (Wildman–Crippen MR) is 180 cm³/mol. The van der Waals surface area contributed by atoms with Gasteiger partial charge in [0.1, 0.15) is 29.0 Å². The quantitative estimate of drug-likeness (QED) is 0.338. The van der Waals surface area contributed by atoms with E-state index in [-0.39, 0.29) is 61.0 Å². The number of fused-ring (bicyclic) bond motifs is 5. The van der Waals surface area contributed by atoms with Crippen LogP contribution in [0.3, 0.4) is 0 Å². The average Bonchev–Trinajstić information content (AvgIpc) is 4.00. The van der Waals surface area contributed by atoms with Crippen molar-refractivity contribution in [1.29, 1.82) is 0 Å². The van der Waals surface area contributed by atoms with Gasteiger partial charge < -0.3 is 25.4 Å². The van der Waals surface area contributed by atoms with Crippen molar-refractivity contribution in [2.75, 3.05) is 6.54 Å². The number of halogens is 3. The fourth-order valence-electron chi connectivity index (χ4n) is 7.99. The standard InChI is InChI=1S/C35H40F3N5O8S/c1-19-28-23(22-9-7-10-24(27(22)39-19)35(36,37)38)14-15-33(51-28)17-26-29(44)41-34(31(46)42-52(49,50)21-12-13-21)16-20(34)8-5-3-2-4-6-11-25(40-32(47)48)30(45)43(26)18-33/h5,7-10,20-21,25-26,40H,2-4,6,11-18H2,1H3,(H,41,44)(H,42,46)(H,47,48)/b8-5-/t20-,25+,26+,33-,34-/m1/s1. The van der Waals surface area contributed by atoms with E-state index in [1.165, 1.54) is 17.9 Å². The van der Waals surface area contributed by atoms with Gasteiger partial charge in [0.2, 0.25) is 21.8 Å². The number of benzene rings is 1. The van der Waals surface area contributed by atoms with Crippen LogP contribution in [0.1, 0.15) is 81.0 Å². The molecule has 1 spiro atoms. The maximum Gasteiger partial charge on any atom is 0.418 e. The van der Waals surface area contributed by atoms with Gasteiger partial charge in [-0.3, -0.25) is 19.1 Å². The fourth-order valence-corrected chi connectivity index (χ4v) is 9.35. The molecule has 13 nitrogen and oxygen atoms in total. The van der Waals surface area contributed by atoms with E-state index in [9.17, 15) is 45.9 Å². The molecule has 1 aromatic carbocycles. The third-order valence-corrected chi connectivity index (χ3v) is 12.8. The van der Waals surface area contributed by atoms with Crippen LogP contribution in [0.15, 0.2) is 30.4 Å². The summed E-state index contributed by atoms with van der Waals surface area (Å²) in [6.07, 6.45) is 1.66. The highest BCUT2D eigenvalue weighted by atomic mass is 32.2. The van der Waals surface area contributed by atoms with E-state index in [0.29, 0.717) is 44.1 Å². The highest BCUT2D eigenvalue weighted by Gasteiger charge is 2.63. The number of pyridine rings is 1. The van der Waals surface area contributed by atoms with E-state index in [2.05, 4.69) is 20.3 Å². The first-order valence-corrected chi connectivity index (χ1v) is 19.1. The van der Waals surface area contributed by atoms with Crippen LogP contribution in [-0.2, 0) is 37.0 Å². The Hall–Kier alpha value is -4.41. The Morgan fingerprint density at radius 1 is 1.12 bits per heavy atom. The molecule has 3 aliphatic heterocycles. The number of sulfonamides is 1. The summed E-state index contributed by atoms with van der Waals surface area (Å²) in [5.74, 6) is -2.51. The lowest BCUT2D eigenvalue weighted by molar-refractivity contribution is -0.141. The number of carbonyl (C=O) groups excluding carboxylic acids is 3. The molecular formula is C35H40F3N5O8S. The Balaban J connectivity index is 1.24. The number of carbonyl (C=O) groups is 4. The van der Waals surface area contributed by atoms with Gasteiger partial charge in [-0.05, 0) is 64.4 Å². The summed E-state index contributed by atoms with van der Waals surface area (Å²) in [5, 5.41) is 14.3. The number of amides is 4. The molecule has 2 aliphatic carbocycles. The minimum atomic E-state index is -4.64. The fraction of sp³-hybridized carbons (Fsp3) is 0.571. The monoisotopic (exact) mass is 747 g/mol. The number of aryl methyl sites for hydroxylation is 2. The number of nitrogens with zero attached hydrogens (tertiary/aromatic N) is 2. The normalized spacial score (nSPS) is 30.2. The molecule has 0 unspecified atom stereocenters. The van der Waals surface area contributed by atoms with Gasteiger partial charge in [-0.25, -0.2) is 18.2 Å². The van der Waals surface area contributed by atoms with Gasteiger partial charge in [0.05, 0.1) is 28.6 Å². The maximum absolute atomic E-state index is 14.3. The molecule has 0 radical (unpaired) electrons. The van der Waals surface area contributed by atoms with E-state index in [4.69, 9.17) is 4.74 Å². The van der Waals surface area contributed by atoms with Crippen molar-refractivity contribution in [2.24, 2.45) is 5.92 Å². The third-order valence-electron chi connectivity index (χ3n) is 11.0. The number of ether oxygens (including phenoxy) is 1. The molecule has 1 aromatic heterocycles. The molecule has 0 bridgehead atoms. The molecule has 17 heteroatoms. The first kappa shape index (κ1) is 36.0. The van der Waals surface area contributed by atoms with Crippen LogP contribution < -0.4 is 20.1 Å². The number of rotatable bonds is 4. The number of allylic oxidation sites excluding steroid dienone is 1. The van der Waals surface area contributed by atoms with Gasteiger partial charge in [0.15, 0.2) is 0 Å². The number of hydrogen-bond donors (Lipinski definition) is 4. The van der Waals surface area contributed by atoms with Crippen molar-refractivity contribution in [2.45, 2.75) is 112 Å². The van der Waals surface area contributed by atoms with E-state index in [1.54, 1.807) is 12.1 Å². The number of nitrogens with one attached hydrogen (secondary N) is 3. The van der Waals surface area contributed by atoms with Crippen molar-refractivity contribution < 1.29 is 50.6 Å². The molecule has 2 aromatic rings. The molecule has 3 fully saturated rings. The second-order valence-corrected chi connectivity index (χ2v) is 16.7. The second kappa shape index (κ2) is 12.9. The molecule has 52 heavy (non-hydrogen) atoms. The molecule has 4 heterocycles. The van der Waals surface area contributed by atoms with Crippen molar-refractivity contribution in [1.82, 2.24) is 25.2 Å². The van der Waals surface area contributed by atoms with Crippen molar-refractivity contribution in [3.05, 3.63) is 47.2 Å². The van der Waals surface area contributed by atoms with Crippen LogP contribution in [0.2, 0.25) is 0 Å². The van der Waals surface area contributed by atoms with Gasteiger partial charge >= 0.3 is 12.3 Å². The van der Waals surface area contributed by atoms with Crippen LogP contribution >= 0.6 is 0 Å². The average molecular weight is 748 g/mol. The molecule has 4 N–H and O–H groups in total. The van der Waals surface area contributed by atoms with Crippen LogP contribution in [0.5, 0.6) is 5.75 Å². The van der Waals surface area contributed by atoms with Crippen LogP contribution in [-0.4, -0.2) is 82.2 Å². The minimum absolute atomic E-state index is 0.0809. The molecule has 1 saturated heterocycles. The summed E-state index contributed by atoms with van der Waals surface area (Å²) in [7, 11) is -3.95. The number of carboxylic acid groups (broad SMARTS) is 1. The van der Waals surface area contributed by atoms with Crippen molar-refractivity contribution in [3.63, 3.8) is 0 Å². The summed E-state index contributed by atoms with van der Waals surface area (Å²) in [6, 6.07) is 1.37. The van der Waals surface area contributed by atoms with Crippen LogP contribution in [0, 0.1) is 12.8 Å². The molecular weight excluding hydrogens is 707 g/mol. The number of aromatic nitrogens is 1. The van der Waals surface area contributed by atoms with E-state index >= 15 is 0 Å².